The van der Waals surface area contributed by atoms with Crippen LogP contribution < -0.4 is 0 Å². The van der Waals surface area contributed by atoms with E-state index in [1.54, 1.807) is 10.7 Å². The van der Waals surface area contributed by atoms with Crippen molar-refractivity contribution in [2.45, 2.75) is 6.92 Å². The lowest BCUT2D eigenvalue weighted by molar-refractivity contribution is 0.632. The van der Waals surface area contributed by atoms with E-state index in [4.69, 9.17) is 0 Å². The van der Waals surface area contributed by atoms with Crippen LogP contribution in [0.1, 0.15) is 5.69 Å². The summed E-state index contributed by atoms with van der Waals surface area (Å²) in [5.41, 5.74) is 1.45. The summed E-state index contributed by atoms with van der Waals surface area (Å²) in [5, 5.41) is 4.94. The van der Waals surface area contributed by atoms with Gasteiger partial charge in [0.1, 0.15) is 5.52 Å². The SMILES string of the molecule is Cc1c2cccc(F)c2nn1C. The van der Waals surface area contributed by atoms with Crippen LogP contribution in [0.15, 0.2) is 18.2 Å². The van der Waals surface area contributed by atoms with Crippen molar-refractivity contribution < 1.29 is 4.39 Å². The maximum absolute atomic E-state index is 13.1. The number of nitrogens with zero attached hydrogens (tertiary/aromatic N) is 2. The highest BCUT2D eigenvalue weighted by Crippen LogP contribution is 2.18. The van der Waals surface area contributed by atoms with Crippen LogP contribution in [-0.2, 0) is 7.05 Å². The minimum absolute atomic E-state index is 0.254. The van der Waals surface area contributed by atoms with Crippen molar-refractivity contribution in [1.82, 2.24) is 9.78 Å². The Morgan fingerprint density at radius 1 is 1.42 bits per heavy atom. The Morgan fingerprint density at radius 3 is 2.83 bits per heavy atom. The second-order valence-corrected chi connectivity index (χ2v) is 2.85. The summed E-state index contributed by atoms with van der Waals surface area (Å²) in [4.78, 5) is 0. The molecule has 0 N–H and O–H groups in total. The summed E-state index contributed by atoms with van der Waals surface area (Å²) < 4.78 is 14.8. The Kier molecular flexibility index (Phi) is 1.40. The summed E-state index contributed by atoms with van der Waals surface area (Å²) in [5.74, 6) is -0.254. The first kappa shape index (κ1) is 7.28. The molecule has 2 nitrogen and oxygen atoms in total. The van der Waals surface area contributed by atoms with Crippen LogP contribution in [0.25, 0.3) is 10.9 Å². The van der Waals surface area contributed by atoms with Crippen molar-refractivity contribution in [3.05, 3.63) is 29.7 Å². The van der Waals surface area contributed by atoms with Crippen LogP contribution in [0.4, 0.5) is 4.39 Å². The molecule has 0 aliphatic rings. The number of benzene rings is 1. The summed E-state index contributed by atoms with van der Waals surface area (Å²) >= 11 is 0. The van der Waals surface area contributed by atoms with Gasteiger partial charge < -0.3 is 0 Å². The number of fused-ring (bicyclic) bond motifs is 1. The molecule has 0 bridgehead atoms. The van der Waals surface area contributed by atoms with E-state index < -0.39 is 0 Å². The van der Waals surface area contributed by atoms with Gasteiger partial charge in [-0.3, -0.25) is 4.68 Å². The van der Waals surface area contributed by atoms with E-state index in [2.05, 4.69) is 5.10 Å². The van der Waals surface area contributed by atoms with Crippen molar-refractivity contribution in [1.29, 1.82) is 0 Å². The smallest absolute Gasteiger partial charge is 0.151 e. The van der Waals surface area contributed by atoms with Crippen LogP contribution in [0.5, 0.6) is 0 Å². The standard InChI is InChI=1S/C9H9FN2/c1-6-7-4-3-5-8(10)9(7)11-12(6)2/h3-5H,1-2H3. The monoisotopic (exact) mass is 164 g/mol. The van der Waals surface area contributed by atoms with Gasteiger partial charge in [-0.1, -0.05) is 12.1 Å². The summed E-state index contributed by atoms with van der Waals surface area (Å²) in [6, 6.07) is 5.00. The van der Waals surface area contributed by atoms with Gasteiger partial charge in [-0.15, -0.1) is 0 Å². The third-order valence-electron chi connectivity index (χ3n) is 2.11. The maximum Gasteiger partial charge on any atom is 0.151 e. The first-order valence-corrected chi connectivity index (χ1v) is 3.78. The zero-order valence-corrected chi connectivity index (χ0v) is 7.00. The molecule has 0 radical (unpaired) electrons. The van der Waals surface area contributed by atoms with Gasteiger partial charge in [0.15, 0.2) is 5.82 Å². The van der Waals surface area contributed by atoms with Crippen LogP contribution in [-0.4, -0.2) is 9.78 Å². The molecule has 0 amide bonds. The largest absolute Gasteiger partial charge is 0.272 e. The molecule has 62 valence electrons. The molecule has 2 aromatic rings. The Balaban J connectivity index is 2.95. The molecule has 2 rings (SSSR count). The molecular formula is C9H9FN2. The van der Waals surface area contributed by atoms with Gasteiger partial charge in [0, 0.05) is 18.1 Å². The molecule has 0 saturated heterocycles. The van der Waals surface area contributed by atoms with Gasteiger partial charge >= 0.3 is 0 Å². The highest BCUT2D eigenvalue weighted by atomic mass is 19.1. The van der Waals surface area contributed by atoms with E-state index in [1.807, 2.05) is 20.0 Å². The van der Waals surface area contributed by atoms with E-state index in [9.17, 15) is 4.39 Å². The minimum Gasteiger partial charge on any atom is -0.272 e. The Morgan fingerprint density at radius 2 is 2.17 bits per heavy atom. The molecule has 0 saturated carbocycles. The molecule has 0 fully saturated rings. The number of hydrogen-bond acceptors (Lipinski definition) is 1. The first-order chi connectivity index (χ1) is 5.70. The van der Waals surface area contributed by atoms with Gasteiger partial charge in [0.05, 0.1) is 0 Å². The Labute approximate surface area is 69.6 Å². The fourth-order valence-corrected chi connectivity index (χ4v) is 1.31. The summed E-state index contributed by atoms with van der Waals surface area (Å²) in [6.45, 7) is 1.93. The maximum atomic E-state index is 13.1. The molecule has 0 spiro atoms. The summed E-state index contributed by atoms with van der Waals surface area (Å²) in [6.07, 6.45) is 0. The fraction of sp³-hybridized carbons (Fsp3) is 0.222. The number of hydrogen-bond donors (Lipinski definition) is 0. The molecular weight excluding hydrogens is 155 g/mol. The van der Waals surface area contributed by atoms with Crippen molar-refractivity contribution in [2.24, 2.45) is 7.05 Å². The van der Waals surface area contributed by atoms with Crippen LogP contribution in [0, 0.1) is 12.7 Å². The van der Waals surface area contributed by atoms with E-state index in [1.165, 1.54) is 6.07 Å². The lowest BCUT2D eigenvalue weighted by Gasteiger charge is -1.90. The van der Waals surface area contributed by atoms with Crippen molar-refractivity contribution in [2.75, 3.05) is 0 Å². The van der Waals surface area contributed by atoms with Gasteiger partial charge in [-0.2, -0.15) is 5.10 Å². The van der Waals surface area contributed by atoms with Crippen molar-refractivity contribution in [3.63, 3.8) is 0 Å². The molecule has 1 aromatic carbocycles. The van der Waals surface area contributed by atoms with Gasteiger partial charge in [0.25, 0.3) is 0 Å². The highest BCUT2D eigenvalue weighted by molar-refractivity contribution is 5.81. The van der Waals surface area contributed by atoms with E-state index in [0.717, 1.165) is 11.1 Å². The normalized spacial score (nSPS) is 10.9. The molecule has 0 unspecified atom stereocenters. The minimum atomic E-state index is -0.254. The van der Waals surface area contributed by atoms with E-state index in [0.29, 0.717) is 5.52 Å². The Hall–Kier alpha value is -1.38. The number of aryl methyl sites for hydroxylation is 2. The predicted octanol–water partition coefficient (Wildman–Crippen LogP) is 2.02. The second-order valence-electron chi connectivity index (χ2n) is 2.85. The van der Waals surface area contributed by atoms with Crippen molar-refractivity contribution in [3.8, 4) is 0 Å². The zero-order chi connectivity index (χ0) is 8.72. The lowest BCUT2D eigenvalue weighted by atomic mass is 10.2. The molecule has 12 heavy (non-hydrogen) atoms. The third kappa shape index (κ3) is 0.826. The number of halogens is 1. The van der Waals surface area contributed by atoms with E-state index in [-0.39, 0.29) is 5.82 Å². The van der Waals surface area contributed by atoms with Gasteiger partial charge in [0.2, 0.25) is 0 Å². The third-order valence-corrected chi connectivity index (χ3v) is 2.11. The second kappa shape index (κ2) is 2.30. The Bertz CT molecular complexity index is 431. The topological polar surface area (TPSA) is 17.8 Å². The predicted molar refractivity (Wildman–Crippen MR) is 45.4 cm³/mol. The molecule has 1 heterocycles. The average Bonchev–Trinajstić information content (AvgIpc) is 2.32. The fourth-order valence-electron chi connectivity index (χ4n) is 1.31. The zero-order valence-electron chi connectivity index (χ0n) is 7.00. The molecule has 0 aliphatic heterocycles. The lowest BCUT2D eigenvalue weighted by Crippen LogP contribution is -1.91. The number of rotatable bonds is 0. The van der Waals surface area contributed by atoms with E-state index >= 15 is 0 Å². The highest BCUT2D eigenvalue weighted by Gasteiger charge is 2.07. The van der Waals surface area contributed by atoms with Crippen molar-refractivity contribution >= 4 is 10.9 Å². The van der Waals surface area contributed by atoms with Crippen LogP contribution >= 0.6 is 0 Å². The van der Waals surface area contributed by atoms with Crippen LogP contribution in [0.2, 0.25) is 0 Å². The number of aromatic nitrogens is 2. The molecule has 0 aliphatic carbocycles. The molecule has 1 aromatic heterocycles. The quantitative estimate of drug-likeness (QED) is 0.582. The average molecular weight is 164 g/mol. The first-order valence-electron chi connectivity index (χ1n) is 3.78. The van der Waals surface area contributed by atoms with Gasteiger partial charge in [-0.05, 0) is 13.0 Å². The molecule has 3 heteroatoms. The summed E-state index contributed by atoms with van der Waals surface area (Å²) in [7, 11) is 1.81. The van der Waals surface area contributed by atoms with Crippen LogP contribution in [0.3, 0.4) is 0 Å². The molecule has 0 atom stereocenters. The van der Waals surface area contributed by atoms with Gasteiger partial charge in [-0.25, -0.2) is 4.39 Å².